The Kier molecular flexibility index (Phi) is 4.31. The minimum Gasteiger partial charge on any atom is -0.354 e. The first kappa shape index (κ1) is 15.5. The molecule has 0 aliphatic heterocycles. The standard InChI is InChI=1S/C15H17F2N5O/c16-11-4-3-5-12(17)14(11)15(6-1-2-7-15)9-18-13(23)8-22-10-19-20-21-22/h3-5,10H,1-2,6-9H2,(H,18,23). The lowest BCUT2D eigenvalue weighted by molar-refractivity contribution is -0.122. The first-order valence-corrected chi connectivity index (χ1v) is 7.53. The summed E-state index contributed by atoms with van der Waals surface area (Å²) in [6.07, 6.45) is 4.40. The highest BCUT2D eigenvalue weighted by atomic mass is 19.1. The van der Waals surface area contributed by atoms with Crippen LogP contribution in [0.5, 0.6) is 0 Å². The molecule has 1 aliphatic rings. The molecule has 2 aromatic rings. The van der Waals surface area contributed by atoms with Crippen LogP contribution in [0, 0.1) is 11.6 Å². The maximum Gasteiger partial charge on any atom is 0.241 e. The van der Waals surface area contributed by atoms with E-state index in [-0.39, 0.29) is 24.6 Å². The molecule has 0 bridgehead atoms. The number of nitrogens with one attached hydrogen (secondary N) is 1. The van der Waals surface area contributed by atoms with Crippen molar-refractivity contribution in [2.75, 3.05) is 6.54 Å². The SMILES string of the molecule is O=C(Cn1cnnn1)NCC1(c2c(F)cccc2F)CCCC1. The highest BCUT2D eigenvalue weighted by Gasteiger charge is 2.40. The largest absolute Gasteiger partial charge is 0.354 e. The van der Waals surface area contributed by atoms with Gasteiger partial charge in [-0.25, -0.2) is 13.5 Å². The van der Waals surface area contributed by atoms with Gasteiger partial charge in [-0.3, -0.25) is 4.79 Å². The van der Waals surface area contributed by atoms with Gasteiger partial charge in [0.05, 0.1) is 0 Å². The fourth-order valence-electron chi connectivity index (χ4n) is 3.29. The van der Waals surface area contributed by atoms with E-state index in [0.717, 1.165) is 12.8 Å². The molecule has 1 amide bonds. The van der Waals surface area contributed by atoms with Gasteiger partial charge in [-0.1, -0.05) is 18.9 Å². The van der Waals surface area contributed by atoms with E-state index in [0.29, 0.717) is 12.8 Å². The minimum absolute atomic E-state index is 0.0250. The predicted molar refractivity (Wildman–Crippen MR) is 77.3 cm³/mol. The monoisotopic (exact) mass is 321 g/mol. The van der Waals surface area contributed by atoms with E-state index in [1.807, 2.05) is 0 Å². The number of carbonyl (C=O) groups is 1. The fourth-order valence-corrected chi connectivity index (χ4v) is 3.29. The van der Waals surface area contributed by atoms with Gasteiger partial charge >= 0.3 is 0 Å². The summed E-state index contributed by atoms with van der Waals surface area (Å²) in [6.45, 7) is 0.175. The molecule has 122 valence electrons. The number of hydrogen-bond acceptors (Lipinski definition) is 4. The van der Waals surface area contributed by atoms with Crippen LogP contribution in [0.3, 0.4) is 0 Å². The van der Waals surface area contributed by atoms with Gasteiger partial charge in [0, 0.05) is 17.5 Å². The van der Waals surface area contributed by atoms with Crippen LogP contribution in [0.25, 0.3) is 0 Å². The Hall–Kier alpha value is -2.38. The molecule has 3 rings (SSSR count). The lowest BCUT2D eigenvalue weighted by atomic mass is 9.78. The van der Waals surface area contributed by atoms with E-state index in [4.69, 9.17) is 0 Å². The van der Waals surface area contributed by atoms with Gasteiger partial charge in [0.25, 0.3) is 0 Å². The molecule has 1 saturated carbocycles. The van der Waals surface area contributed by atoms with E-state index in [2.05, 4.69) is 20.8 Å². The summed E-state index contributed by atoms with van der Waals surface area (Å²) in [6, 6.07) is 3.88. The number of nitrogens with zero attached hydrogens (tertiary/aromatic N) is 4. The smallest absolute Gasteiger partial charge is 0.241 e. The Labute approximate surface area is 131 Å². The zero-order valence-corrected chi connectivity index (χ0v) is 12.5. The van der Waals surface area contributed by atoms with Crippen molar-refractivity contribution in [1.82, 2.24) is 25.5 Å². The highest BCUT2D eigenvalue weighted by molar-refractivity contribution is 5.75. The Balaban J connectivity index is 1.75. The first-order chi connectivity index (χ1) is 11.1. The van der Waals surface area contributed by atoms with E-state index in [1.54, 1.807) is 0 Å². The maximum atomic E-state index is 14.2. The number of hydrogen-bond donors (Lipinski definition) is 1. The van der Waals surface area contributed by atoms with Crippen LogP contribution in [-0.4, -0.2) is 32.7 Å². The molecule has 23 heavy (non-hydrogen) atoms. The predicted octanol–water partition coefficient (Wildman–Crippen LogP) is 1.58. The molecule has 0 radical (unpaired) electrons. The number of benzene rings is 1. The van der Waals surface area contributed by atoms with Crippen molar-refractivity contribution in [1.29, 1.82) is 0 Å². The van der Waals surface area contributed by atoms with Crippen molar-refractivity contribution in [3.8, 4) is 0 Å². The average Bonchev–Trinajstić information content (AvgIpc) is 3.17. The molecular formula is C15H17F2N5O. The van der Waals surface area contributed by atoms with Crippen LogP contribution in [0.2, 0.25) is 0 Å². The van der Waals surface area contributed by atoms with Crippen LogP contribution in [0.15, 0.2) is 24.5 Å². The Bertz CT molecular complexity index is 663. The molecule has 1 fully saturated rings. The average molecular weight is 321 g/mol. The molecule has 0 unspecified atom stereocenters. The van der Waals surface area contributed by atoms with E-state index in [9.17, 15) is 13.6 Å². The van der Waals surface area contributed by atoms with E-state index < -0.39 is 17.0 Å². The molecule has 1 aliphatic carbocycles. The number of tetrazole rings is 1. The summed E-state index contributed by atoms with van der Waals surface area (Å²) in [5.41, 5.74) is -0.605. The van der Waals surface area contributed by atoms with Gasteiger partial charge in [0.2, 0.25) is 5.91 Å². The van der Waals surface area contributed by atoms with Crippen LogP contribution in [-0.2, 0) is 16.8 Å². The Morgan fingerprint density at radius 2 is 1.96 bits per heavy atom. The number of rotatable bonds is 5. The lowest BCUT2D eigenvalue weighted by Crippen LogP contribution is -2.41. The van der Waals surface area contributed by atoms with Crippen LogP contribution in [0.4, 0.5) is 8.78 Å². The highest BCUT2D eigenvalue weighted by Crippen LogP contribution is 2.42. The minimum atomic E-state index is -0.689. The van der Waals surface area contributed by atoms with Crippen LogP contribution in [0.1, 0.15) is 31.2 Å². The third-order valence-electron chi connectivity index (χ3n) is 4.37. The number of aromatic nitrogens is 4. The van der Waals surface area contributed by atoms with Gasteiger partial charge < -0.3 is 5.32 Å². The summed E-state index contributed by atoms with van der Waals surface area (Å²) in [4.78, 5) is 12.0. The Morgan fingerprint density at radius 1 is 1.26 bits per heavy atom. The van der Waals surface area contributed by atoms with Crippen molar-refractivity contribution in [2.24, 2.45) is 0 Å². The van der Waals surface area contributed by atoms with Gasteiger partial charge in [0.15, 0.2) is 0 Å². The summed E-state index contributed by atoms with van der Waals surface area (Å²) in [5, 5.41) is 13.3. The van der Waals surface area contributed by atoms with Crippen molar-refractivity contribution < 1.29 is 13.6 Å². The van der Waals surface area contributed by atoms with E-state index in [1.165, 1.54) is 29.2 Å². The molecule has 1 aromatic carbocycles. The molecule has 0 atom stereocenters. The molecule has 0 spiro atoms. The molecule has 8 heteroatoms. The van der Waals surface area contributed by atoms with Gasteiger partial charge in [0.1, 0.15) is 24.5 Å². The van der Waals surface area contributed by atoms with Gasteiger partial charge in [-0.2, -0.15) is 0 Å². The van der Waals surface area contributed by atoms with Crippen molar-refractivity contribution in [2.45, 2.75) is 37.6 Å². The zero-order valence-electron chi connectivity index (χ0n) is 12.5. The fraction of sp³-hybridized carbons (Fsp3) is 0.467. The quantitative estimate of drug-likeness (QED) is 0.907. The van der Waals surface area contributed by atoms with Crippen LogP contribution < -0.4 is 5.32 Å². The summed E-state index contributed by atoms with van der Waals surface area (Å²) in [7, 11) is 0. The summed E-state index contributed by atoms with van der Waals surface area (Å²) in [5.74, 6) is -1.40. The molecule has 1 N–H and O–H groups in total. The number of halogens is 2. The van der Waals surface area contributed by atoms with Crippen molar-refractivity contribution >= 4 is 5.91 Å². The lowest BCUT2D eigenvalue weighted by Gasteiger charge is -2.30. The molecule has 0 saturated heterocycles. The molecule has 1 aromatic heterocycles. The number of carbonyl (C=O) groups excluding carboxylic acids is 1. The molecule has 1 heterocycles. The normalized spacial score (nSPS) is 16.4. The topological polar surface area (TPSA) is 72.7 Å². The van der Waals surface area contributed by atoms with Gasteiger partial charge in [-0.15, -0.1) is 5.10 Å². The van der Waals surface area contributed by atoms with E-state index >= 15 is 0 Å². The van der Waals surface area contributed by atoms with Crippen LogP contribution >= 0.6 is 0 Å². The second kappa shape index (κ2) is 6.39. The van der Waals surface area contributed by atoms with Gasteiger partial charge in [-0.05, 0) is 35.4 Å². The van der Waals surface area contributed by atoms with Crippen molar-refractivity contribution in [3.63, 3.8) is 0 Å². The summed E-state index contributed by atoms with van der Waals surface area (Å²) >= 11 is 0. The first-order valence-electron chi connectivity index (χ1n) is 7.53. The third-order valence-corrected chi connectivity index (χ3v) is 4.37. The zero-order chi connectivity index (χ0) is 16.3. The van der Waals surface area contributed by atoms with Crippen molar-refractivity contribution in [3.05, 3.63) is 41.7 Å². The summed E-state index contributed by atoms with van der Waals surface area (Å²) < 4.78 is 29.7. The Morgan fingerprint density at radius 3 is 2.57 bits per heavy atom. The molecular weight excluding hydrogens is 304 g/mol. The third kappa shape index (κ3) is 3.20. The maximum absolute atomic E-state index is 14.2. The number of amides is 1. The second-order valence-corrected chi connectivity index (χ2v) is 5.87. The molecule has 6 nitrogen and oxygen atoms in total. The second-order valence-electron chi connectivity index (χ2n) is 5.87.